The van der Waals surface area contributed by atoms with Gasteiger partial charge < -0.3 is 15.5 Å². The number of benzene rings is 2. The molecule has 0 saturated carbocycles. The molecule has 2 aromatic rings. The van der Waals surface area contributed by atoms with Gasteiger partial charge in [-0.3, -0.25) is 10.1 Å². The number of nitro groups is 1. The molecule has 1 aliphatic heterocycles. The van der Waals surface area contributed by atoms with Crippen LogP contribution in [-0.2, 0) is 6.54 Å². The zero-order valence-electron chi connectivity index (χ0n) is 16.8. The molecule has 1 aliphatic rings. The number of nitrogens with zero attached hydrogens (tertiary/aromatic N) is 3. The molecule has 2 N–H and O–H groups in total. The molecule has 1 unspecified atom stereocenters. The van der Waals surface area contributed by atoms with Gasteiger partial charge in [-0.1, -0.05) is 12.1 Å². The fraction of sp³-hybridized carbons (Fsp3) is 0.455. The van der Waals surface area contributed by atoms with E-state index in [9.17, 15) is 14.5 Å². The van der Waals surface area contributed by atoms with Crippen molar-refractivity contribution < 1.29 is 9.31 Å². The van der Waals surface area contributed by atoms with Gasteiger partial charge in [-0.2, -0.15) is 0 Å². The second-order valence-electron chi connectivity index (χ2n) is 7.72. The van der Waals surface area contributed by atoms with Crippen LogP contribution in [0.4, 0.5) is 15.8 Å². The maximum Gasteiger partial charge on any atom is 0.269 e. The van der Waals surface area contributed by atoms with Crippen molar-refractivity contribution in [2.45, 2.75) is 44.8 Å². The van der Waals surface area contributed by atoms with Crippen LogP contribution in [0.25, 0.3) is 0 Å². The van der Waals surface area contributed by atoms with Crippen LogP contribution in [0.2, 0.25) is 0 Å². The molecule has 0 aliphatic carbocycles. The van der Waals surface area contributed by atoms with Crippen molar-refractivity contribution in [3.05, 3.63) is 70.0 Å². The summed E-state index contributed by atoms with van der Waals surface area (Å²) >= 11 is 0. The van der Waals surface area contributed by atoms with Crippen LogP contribution in [0.1, 0.15) is 31.7 Å². The summed E-state index contributed by atoms with van der Waals surface area (Å²) in [4.78, 5) is 15.3. The van der Waals surface area contributed by atoms with Gasteiger partial charge in [0.2, 0.25) is 0 Å². The van der Waals surface area contributed by atoms with Gasteiger partial charge in [-0.25, -0.2) is 4.39 Å². The van der Waals surface area contributed by atoms with E-state index in [1.165, 1.54) is 18.2 Å². The summed E-state index contributed by atoms with van der Waals surface area (Å²) in [5, 5.41) is 11.0. The van der Waals surface area contributed by atoms with Gasteiger partial charge in [0.1, 0.15) is 5.82 Å². The summed E-state index contributed by atoms with van der Waals surface area (Å²) in [7, 11) is 0. The highest BCUT2D eigenvalue weighted by atomic mass is 19.1. The molecule has 3 rings (SSSR count). The van der Waals surface area contributed by atoms with E-state index in [1.807, 2.05) is 6.07 Å². The molecule has 2 aromatic carbocycles. The molecule has 7 heteroatoms. The maximum atomic E-state index is 13.7. The SMILES string of the molecule is CC(CCN)N1CCC(N(Cc2cccc(F)c2)c2ccc([N+](=O)[O-])cc2)CC1. The number of likely N-dealkylation sites (tertiary alicyclic amines) is 1. The molecule has 1 atom stereocenters. The Kier molecular flexibility index (Phi) is 7.17. The number of hydrogen-bond donors (Lipinski definition) is 1. The summed E-state index contributed by atoms with van der Waals surface area (Å²) in [6.07, 6.45) is 2.96. The van der Waals surface area contributed by atoms with Gasteiger partial charge in [0.05, 0.1) is 4.92 Å². The molecule has 1 heterocycles. The Balaban J connectivity index is 1.78. The topological polar surface area (TPSA) is 75.6 Å². The van der Waals surface area contributed by atoms with Crippen molar-refractivity contribution >= 4 is 11.4 Å². The molecule has 0 bridgehead atoms. The number of hydrogen-bond acceptors (Lipinski definition) is 5. The van der Waals surface area contributed by atoms with Gasteiger partial charge in [-0.15, -0.1) is 0 Å². The van der Waals surface area contributed by atoms with Crippen molar-refractivity contribution in [2.75, 3.05) is 24.5 Å². The van der Waals surface area contributed by atoms with Crippen LogP contribution >= 0.6 is 0 Å². The Morgan fingerprint density at radius 1 is 1.24 bits per heavy atom. The molecule has 29 heavy (non-hydrogen) atoms. The molecule has 0 radical (unpaired) electrons. The third kappa shape index (κ3) is 5.52. The fourth-order valence-corrected chi connectivity index (χ4v) is 4.09. The van der Waals surface area contributed by atoms with Crippen LogP contribution < -0.4 is 10.6 Å². The summed E-state index contributed by atoms with van der Waals surface area (Å²) in [5.74, 6) is -0.253. The second kappa shape index (κ2) is 9.80. The first-order valence-corrected chi connectivity index (χ1v) is 10.2. The monoisotopic (exact) mass is 400 g/mol. The first-order valence-electron chi connectivity index (χ1n) is 10.2. The number of piperidine rings is 1. The predicted octanol–water partition coefficient (Wildman–Crippen LogP) is 3.94. The Morgan fingerprint density at radius 2 is 1.93 bits per heavy atom. The normalized spacial score (nSPS) is 16.5. The van der Waals surface area contributed by atoms with Crippen molar-refractivity contribution in [2.24, 2.45) is 5.73 Å². The first kappa shape index (κ1) is 21.2. The molecule has 1 fully saturated rings. The van der Waals surface area contributed by atoms with Crippen molar-refractivity contribution in [1.29, 1.82) is 0 Å². The van der Waals surface area contributed by atoms with Crippen molar-refractivity contribution in [1.82, 2.24) is 4.90 Å². The third-order valence-corrected chi connectivity index (χ3v) is 5.78. The van der Waals surface area contributed by atoms with Gasteiger partial charge >= 0.3 is 0 Å². The third-order valence-electron chi connectivity index (χ3n) is 5.78. The Morgan fingerprint density at radius 3 is 2.52 bits per heavy atom. The van der Waals surface area contributed by atoms with E-state index < -0.39 is 4.92 Å². The molecule has 6 nitrogen and oxygen atoms in total. The number of nitro benzene ring substituents is 1. The lowest BCUT2D eigenvalue weighted by molar-refractivity contribution is -0.384. The maximum absolute atomic E-state index is 13.7. The predicted molar refractivity (Wildman–Crippen MR) is 113 cm³/mol. The minimum atomic E-state index is -0.391. The average Bonchev–Trinajstić information content (AvgIpc) is 2.72. The zero-order chi connectivity index (χ0) is 20.8. The lowest BCUT2D eigenvalue weighted by Gasteiger charge is -2.42. The van der Waals surface area contributed by atoms with E-state index in [0.29, 0.717) is 25.2 Å². The van der Waals surface area contributed by atoms with E-state index in [4.69, 9.17) is 5.73 Å². The summed E-state index contributed by atoms with van der Waals surface area (Å²) < 4.78 is 13.7. The minimum Gasteiger partial charge on any atom is -0.364 e. The van der Waals surface area contributed by atoms with Gasteiger partial charge in [0, 0.05) is 49.5 Å². The minimum absolute atomic E-state index is 0.0740. The molecule has 0 aromatic heterocycles. The van der Waals surface area contributed by atoms with E-state index in [2.05, 4.69) is 16.7 Å². The Hall–Kier alpha value is -2.51. The van der Waals surface area contributed by atoms with Gasteiger partial charge in [0.15, 0.2) is 0 Å². The van der Waals surface area contributed by atoms with E-state index >= 15 is 0 Å². The lowest BCUT2D eigenvalue weighted by atomic mass is 9.99. The highest BCUT2D eigenvalue weighted by Crippen LogP contribution is 2.28. The molecular weight excluding hydrogens is 371 g/mol. The Bertz CT molecular complexity index is 807. The number of nitrogens with two attached hydrogens (primary N) is 1. The Labute approximate surface area is 171 Å². The van der Waals surface area contributed by atoms with Crippen molar-refractivity contribution in [3.8, 4) is 0 Å². The largest absolute Gasteiger partial charge is 0.364 e. The molecular formula is C22H29FN4O2. The second-order valence-corrected chi connectivity index (χ2v) is 7.72. The van der Waals surface area contributed by atoms with Gasteiger partial charge in [0.25, 0.3) is 5.69 Å². The first-order chi connectivity index (χ1) is 14.0. The van der Waals surface area contributed by atoms with E-state index in [-0.39, 0.29) is 11.5 Å². The van der Waals surface area contributed by atoms with Gasteiger partial charge in [-0.05, 0) is 62.6 Å². The number of non-ortho nitro benzene ring substituents is 1. The highest BCUT2D eigenvalue weighted by molar-refractivity contribution is 5.52. The van der Waals surface area contributed by atoms with Crippen LogP contribution in [-0.4, -0.2) is 41.5 Å². The van der Waals surface area contributed by atoms with Crippen LogP contribution in [0.15, 0.2) is 48.5 Å². The highest BCUT2D eigenvalue weighted by Gasteiger charge is 2.27. The molecule has 0 amide bonds. The fourth-order valence-electron chi connectivity index (χ4n) is 4.09. The molecule has 0 spiro atoms. The quantitative estimate of drug-likeness (QED) is 0.536. The number of halogens is 1. The van der Waals surface area contributed by atoms with E-state index in [1.54, 1.807) is 24.3 Å². The molecule has 156 valence electrons. The number of anilines is 1. The lowest BCUT2D eigenvalue weighted by Crippen LogP contribution is -2.47. The average molecular weight is 400 g/mol. The van der Waals surface area contributed by atoms with Crippen molar-refractivity contribution in [3.63, 3.8) is 0 Å². The van der Waals surface area contributed by atoms with E-state index in [0.717, 1.165) is 43.6 Å². The number of rotatable bonds is 8. The zero-order valence-corrected chi connectivity index (χ0v) is 16.8. The summed E-state index contributed by atoms with van der Waals surface area (Å²) in [6.45, 7) is 5.44. The molecule has 1 saturated heterocycles. The standard InChI is InChI=1S/C22H29FN4O2/c1-17(9-12-24)25-13-10-21(11-14-25)26(16-18-3-2-4-19(23)15-18)20-5-7-22(8-6-20)27(28)29/h2-8,15,17,21H,9-14,16,24H2,1H3. The summed E-state index contributed by atoms with van der Waals surface area (Å²) in [6, 6.07) is 14.0. The van der Waals surface area contributed by atoms with Crippen LogP contribution in [0.5, 0.6) is 0 Å². The van der Waals surface area contributed by atoms with Crippen LogP contribution in [0, 0.1) is 15.9 Å². The van der Waals surface area contributed by atoms with Crippen LogP contribution in [0.3, 0.4) is 0 Å². The smallest absolute Gasteiger partial charge is 0.269 e. The summed E-state index contributed by atoms with van der Waals surface area (Å²) in [5.41, 5.74) is 7.60.